The van der Waals surface area contributed by atoms with Crippen LogP contribution in [0.2, 0.25) is 0 Å². The van der Waals surface area contributed by atoms with Crippen molar-refractivity contribution in [1.82, 2.24) is 0 Å². The Balaban J connectivity index is 1.63. The smallest absolute Gasteiger partial charge is 0.352 e. The normalized spacial score (nSPS) is 14.0. The Morgan fingerprint density at radius 3 is 2.28 bits per heavy atom. The lowest BCUT2D eigenvalue weighted by molar-refractivity contribution is -0.151. The molecular formula is C28H26O8. The van der Waals surface area contributed by atoms with Gasteiger partial charge in [0.1, 0.15) is 17.2 Å². The summed E-state index contributed by atoms with van der Waals surface area (Å²) in [7, 11) is 4.57. The van der Waals surface area contributed by atoms with Gasteiger partial charge in [-0.3, -0.25) is 4.79 Å². The van der Waals surface area contributed by atoms with Crippen LogP contribution in [0, 0.1) is 0 Å². The van der Waals surface area contributed by atoms with Crippen LogP contribution in [0.25, 0.3) is 6.08 Å². The zero-order valence-corrected chi connectivity index (χ0v) is 20.4. The fourth-order valence-corrected chi connectivity index (χ4v) is 3.78. The number of methoxy groups -OCH3 is 3. The minimum Gasteiger partial charge on any atom is -0.496 e. The van der Waals surface area contributed by atoms with Crippen molar-refractivity contribution in [2.75, 3.05) is 27.9 Å². The molecule has 0 fully saturated rings. The van der Waals surface area contributed by atoms with Gasteiger partial charge in [0.05, 0.1) is 33.5 Å². The Morgan fingerprint density at radius 2 is 1.61 bits per heavy atom. The molecule has 0 N–H and O–H groups in total. The van der Waals surface area contributed by atoms with E-state index in [-0.39, 0.29) is 18.1 Å². The maximum Gasteiger partial charge on any atom is 0.352 e. The van der Waals surface area contributed by atoms with E-state index in [1.54, 1.807) is 55.5 Å². The fraction of sp³-hybridized carbons (Fsp3) is 0.214. The number of allylic oxidation sites excluding steroid dienone is 1. The van der Waals surface area contributed by atoms with Gasteiger partial charge in [0.2, 0.25) is 11.9 Å². The summed E-state index contributed by atoms with van der Waals surface area (Å²) < 4.78 is 33.2. The molecule has 1 aliphatic rings. The van der Waals surface area contributed by atoms with Crippen molar-refractivity contribution < 1.29 is 38.0 Å². The highest BCUT2D eigenvalue weighted by atomic mass is 16.6. The third-order valence-electron chi connectivity index (χ3n) is 5.52. The number of rotatable bonds is 9. The van der Waals surface area contributed by atoms with Crippen LogP contribution in [0.3, 0.4) is 0 Å². The zero-order valence-electron chi connectivity index (χ0n) is 20.4. The van der Waals surface area contributed by atoms with E-state index in [2.05, 4.69) is 0 Å². The van der Waals surface area contributed by atoms with E-state index in [1.165, 1.54) is 21.3 Å². The van der Waals surface area contributed by atoms with Crippen molar-refractivity contribution in [1.29, 1.82) is 0 Å². The summed E-state index contributed by atoms with van der Waals surface area (Å²) in [5.74, 6) is 1.44. The highest BCUT2D eigenvalue weighted by Gasteiger charge is 2.30. The van der Waals surface area contributed by atoms with Crippen molar-refractivity contribution in [2.24, 2.45) is 0 Å². The molecule has 0 saturated carbocycles. The summed E-state index contributed by atoms with van der Waals surface area (Å²) >= 11 is 0. The molecule has 0 aromatic heterocycles. The van der Waals surface area contributed by atoms with Gasteiger partial charge in [0, 0.05) is 23.3 Å². The van der Waals surface area contributed by atoms with Gasteiger partial charge >= 0.3 is 5.97 Å². The summed E-state index contributed by atoms with van der Waals surface area (Å²) in [6, 6.07) is 17.2. The van der Waals surface area contributed by atoms with Gasteiger partial charge in [-0.1, -0.05) is 30.3 Å². The maximum atomic E-state index is 13.0. The van der Waals surface area contributed by atoms with Crippen LogP contribution in [0.4, 0.5) is 0 Å². The lowest BCUT2D eigenvalue weighted by atomic mass is 10.1. The number of hydrogen-bond donors (Lipinski definition) is 0. The van der Waals surface area contributed by atoms with Gasteiger partial charge in [-0.2, -0.15) is 0 Å². The van der Waals surface area contributed by atoms with E-state index in [0.717, 1.165) is 0 Å². The first-order chi connectivity index (χ1) is 17.5. The van der Waals surface area contributed by atoms with Gasteiger partial charge in [0.25, 0.3) is 0 Å². The van der Waals surface area contributed by atoms with Crippen LogP contribution >= 0.6 is 0 Å². The molecule has 1 unspecified atom stereocenters. The van der Waals surface area contributed by atoms with Gasteiger partial charge in [0.15, 0.2) is 17.3 Å². The molecule has 1 heterocycles. The van der Waals surface area contributed by atoms with Crippen molar-refractivity contribution in [3.05, 3.63) is 83.1 Å². The molecule has 186 valence electrons. The summed E-state index contributed by atoms with van der Waals surface area (Å²) in [6.07, 6.45) is 0.613. The monoisotopic (exact) mass is 490 g/mol. The zero-order chi connectivity index (χ0) is 25.7. The summed E-state index contributed by atoms with van der Waals surface area (Å²) in [5.41, 5.74) is 1.60. The van der Waals surface area contributed by atoms with E-state index in [1.807, 2.05) is 18.2 Å². The lowest BCUT2D eigenvalue weighted by Gasteiger charge is -2.18. The Kier molecular flexibility index (Phi) is 7.44. The molecule has 0 saturated heterocycles. The number of esters is 1. The Morgan fingerprint density at radius 1 is 0.917 bits per heavy atom. The van der Waals surface area contributed by atoms with Crippen LogP contribution in [0.5, 0.6) is 28.7 Å². The van der Waals surface area contributed by atoms with E-state index < -0.39 is 12.1 Å². The third kappa shape index (κ3) is 4.98. The first kappa shape index (κ1) is 24.7. The number of ketones is 1. The molecule has 36 heavy (non-hydrogen) atoms. The third-order valence-corrected chi connectivity index (χ3v) is 5.52. The molecular weight excluding hydrogens is 464 g/mol. The molecule has 0 amide bonds. The van der Waals surface area contributed by atoms with Crippen molar-refractivity contribution in [3.8, 4) is 28.7 Å². The van der Waals surface area contributed by atoms with Gasteiger partial charge in [-0.05, 0) is 31.2 Å². The Bertz CT molecular complexity index is 1300. The first-order valence-corrected chi connectivity index (χ1v) is 11.3. The molecule has 4 rings (SSSR count). The van der Waals surface area contributed by atoms with E-state index in [0.29, 0.717) is 45.4 Å². The molecule has 1 aliphatic heterocycles. The summed E-state index contributed by atoms with van der Waals surface area (Å²) in [4.78, 5) is 25.6. The topological polar surface area (TPSA) is 89.5 Å². The average Bonchev–Trinajstić information content (AvgIpc) is 3.21. The van der Waals surface area contributed by atoms with E-state index >= 15 is 0 Å². The molecule has 8 nitrogen and oxygen atoms in total. The number of fused-ring (bicyclic) bond motifs is 1. The molecule has 3 aromatic rings. The minimum absolute atomic E-state index is 0.109. The average molecular weight is 491 g/mol. The number of hydrogen-bond acceptors (Lipinski definition) is 8. The second-order valence-electron chi connectivity index (χ2n) is 7.71. The standard InChI is InChI=1S/C28H26O8/c1-5-34-28(30)27(17-9-7-6-8-10-17)35-19-11-12-20-22(15-19)36-25(26(20)29)14-18-13-23(32-3)24(33-4)16-21(18)31-2/h6-16,27H,5H2,1-4H3. The number of carbonyl (C=O) groups is 2. The van der Waals surface area contributed by atoms with Gasteiger partial charge in [-0.25, -0.2) is 4.79 Å². The Hall–Kier alpha value is -4.46. The lowest BCUT2D eigenvalue weighted by Crippen LogP contribution is -2.21. The predicted octanol–water partition coefficient (Wildman–Crippen LogP) is 5.01. The molecule has 3 aromatic carbocycles. The molecule has 0 spiro atoms. The minimum atomic E-state index is -0.965. The maximum absolute atomic E-state index is 13.0. The van der Waals surface area contributed by atoms with Gasteiger partial charge in [-0.15, -0.1) is 0 Å². The van der Waals surface area contributed by atoms with Gasteiger partial charge < -0.3 is 28.4 Å². The Labute approximate surface area is 209 Å². The second kappa shape index (κ2) is 10.9. The predicted molar refractivity (Wildman–Crippen MR) is 132 cm³/mol. The summed E-state index contributed by atoms with van der Waals surface area (Å²) in [5, 5.41) is 0. The SMILES string of the molecule is CCOC(=O)C(Oc1ccc2c(c1)OC(=Cc1cc(OC)c(OC)cc1OC)C2=O)c1ccccc1. The highest BCUT2D eigenvalue weighted by molar-refractivity contribution is 6.14. The number of carbonyl (C=O) groups excluding carboxylic acids is 2. The molecule has 0 radical (unpaired) electrons. The fourth-order valence-electron chi connectivity index (χ4n) is 3.78. The van der Waals surface area contributed by atoms with Crippen LogP contribution in [-0.4, -0.2) is 39.7 Å². The number of ether oxygens (including phenoxy) is 6. The van der Waals surface area contributed by atoms with Crippen LogP contribution in [0.1, 0.15) is 34.5 Å². The van der Waals surface area contributed by atoms with Crippen molar-refractivity contribution >= 4 is 17.8 Å². The van der Waals surface area contributed by atoms with Crippen molar-refractivity contribution in [3.63, 3.8) is 0 Å². The van der Waals surface area contributed by atoms with E-state index in [9.17, 15) is 9.59 Å². The largest absolute Gasteiger partial charge is 0.496 e. The number of Topliss-reactive ketones (excluding diaryl/α,β-unsaturated/α-hetero) is 1. The molecule has 8 heteroatoms. The second-order valence-corrected chi connectivity index (χ2v) is 7.71. The molecule has 0 bridgehead atoms. The van der Waals surface area contributed by atoms with Crippen LogP contribution < -0.4 is 23.7 Å². The van der Waals surface area contributed by atoms with Crippen molar-refractivity contribution in [2.45, 2.75) is 13.0 Å². The summed E-state index contributed by atoms with van der Waals surface area (Å²) in [6.45, 7) is 1.96. The quantitative estimate of drug-likeness (QED) is 0.305. The van der Waals surface area contributed by atoms with E-state index in [4.69, 9.17) is 28.4 Å². The van der Waals surface area contributed by atoms with Crippen LogP contribution in [-0.2, 0) is 9.53 Å². The highest BCUT2D eigenvalue weighted by Crippen LogP contribution is 2.39. The number of benzene rings is 3. The van der Waals surface area contributed by atoms with Crippen LogP contribution in [0.15, 0.2) is 66.4 Å². The molecule has 1 atom stereocenters. The molecule has 0 aliphatic carbocycles. The first-order valence-electron chi connectivity index (χ1n) is 11.3.